The van der Waals surface area contributed by atoms with Crippen LogP contribution >= 0.6 is 0 Å². The van der Waals surface area contributed by atoms with Gasteiger partial charge in [0.15, 0.2) is 5.96 Å². The van der Waals surface area contributed by atoms with Crippen molar-refractivity contribution in [1.29, 1.82) is 0 Å². The first kappa shape index (κ1) is 18.6. The summed E-state index contributed by atoms with van der Waals surface area (Å²) in [5.74, 6) is 0.683. The van der Waals surface area contributed by atoms with E-state index >= 15 is 0 Å². The Kier molecular flexibility index (Phi) is 6.48. The fraction of sp³-hybridized carbons (Fsp3) is 0.588. The molecule has 1 atom stereocenters. The van der Waals surface area contributed by atoms with Gasteiger partial charge in [-0.2, -0.15) is 0 Å². The van der Waals surface area contributed by atoms with E-state index < -0.39 is 10.0 Å². The summed E-state index contributed by atoms with van der Waals surface area (Å²) in [6.45, 7) is 7.67. The average molecular weight is 353 g/mol. The van der Waals surface area contributed by atoms with E-state index in [4.69, 9.17) is 0 Å². The molecule has 0 radical (unpaired) electrons. The number of hydrogen-bond acceptors (Lipinski definition) is 3. The molecule has 1 aromatic rings. The van der Waals surface area contributed by atoms with Gasteiger partial charge in [0.2, 0.25) is 10.0 Å². The Labute approximate surface area is 145 Å². The number of nitrogens with zero attached hydrogens (tertiary/aromatic N) is 2. The van der Waals surface area contributed by atoms with Crippen molar-refractivity contribution in [2.24, 2.45) is 4.99 Å². The Hall–Kier alpha value is -1.76. The van der Waals surface area contributed by atoms with Crippen molar-refractivity contribution < 1.29 is 8.42 Å². The number of fused-ring (bicyclic) bond motifs is 1. The van der Waals surface area contributed by atoms with Crippen LogP contribution in [-0.4, -0.2) is 45.8 Å². The van der Waals surface area contributed by atoms with E-state index in [0.717, 1.165) is 30.6 Å². The summed E-state index contributed by atoms with van der Waals surface area (Å²) in [4.78, 5) is 4.40. The normalized spacial score (nSPS) is 16.0. The topological polar surface area (TPSA) is 73.8 Å². The summed E-state index contributed by atoms with van der Waals surface area (Å²) >= 11 is 0. The van der Waals surface area contributed by atoms with Gasteiger partial charge in [-0.3, -0.25) is 9.30 Å². The summed E-state index contributed by atoms with van der Waals surface area (Å²) in [7, 11) is -3.35. The lowest BCUT2D eigenvalue weighted by molar-refractivity contribution is 0.591. The third-order valence-corrected chi connectivity index (χ3v) is 5.89. The fourth-order valence-electron chi connectivity index (χ4n) is 2.64. The number of sulfonamides is 1. The molecule has 1 aliphatic heterocycles. The molecule has 24 heavy (non-hydrogen) atoms. The monoisotopic (exact) mass is 352 g/mol. The third-order valence-electron chi connectivity index (χ3n) is 4.14. The number of para-hydroxylation sites is 1. The van der Waals surface area contributed by atoms with Crippen LogP contribution in [0.3, 0.4) is 0 Å². The molecule has 0 aliphatic carbocycles. The summed E-state index contributed by atoms with van der Waals surface area (Å²) in [6, 6.07) is 7.98. The van der Waals surface area contributed by atoms with Crippen molar-refractivity contribution in [3.63, 3.8) is 0 Å². The largest absolute Gasteiger partial charge is 0.357 e. The first-order chi connectivity index (χ1) is 11.5. The van der Waals surface area contributed by atoms with Crippen LogP contribution in [0, 0.1) is 0 Å². The van der Waals surface area contributed by atoms with Gasteiger partial charge in [0.05, 0.1) is 18.0 Å². The van der Waals surface area contributed by atoms with Gasteiger partial charge in [-0.1, -0.05) is 25.1 Å². The van der Waals surface area contributed by atoms with Gasteiger partial charge in [-0.05, 0) is 38.3 Å². The van der Waals surface area contributed by atoms with E-state index in [-0.39, 0.29) is 12.3 Å². The molecule has 0 bridgehead atoms. The molecule has 0 spiro atoms. The van der Waals surface area contributed by atoms with Crippen LogP contribution in [0.2, 0.25) is 0 Å². The molecule has 0 saturated carbocycles. The molecule has 1 unspecified atom stereocenters. The van der Waals surface area contributed by atoms with Gasteiger partial charge in [0.1, 0.15) is 0 Å². The zero-order valence-corrected chi connectivity index (χ0v) is 15.6. The van der Waals surface area contributed by atoms with Crippen molar-refractivity contribution >= 4 is 21.7 Å². The Morgan fingerprint density at radius 2 is 2.08 bits per heavy atom. The Bertz CT molecular complexity index is 673. The summed E-state index contributed by atoms with van der Waals surface area (Å²) in [5, 5.41) is 6.42. The highest BCUT2D eigenvalue weighted by Gasteiger charge is 2.28. The molecule has 0 amide bonds. The van der Waals surface area contributed by atoms with Crippen LogP contribution in [0.4, 0.5) is 5.69 Å². The number of hydrogen-bond donors (Lipinski definition) is 2. The van der Waals surface area contributed by atoms with Crippen LogP contribution in [0.25, 0.3) is 0 Å². The minimum absolute atomic E-state index is 0.0123. The van der Waals surface area contributed by atoms with Crippen molar-refractivity contribution in [2.75, 3.05) is 29.7 Å². The van der Waals surface area contributed by atoms with E-state index in [1.165, 1.54) is 4.31 Å². The Morgan fingerprint density at radius 3 is 2.79 bits per heavy atom. The molecule has 1 aliphatic rings. The lowest BCUT2D eigenvalue weighted by Crippen LogP contribution is -2.42. The lowest BCUT2D eigenvalue weighted by atomic mass is 10.2. The van der Waals surface area contributed by atoms with Crippen molar-refractivity contribution in [3.8, 4) is 0 Å². The maximum atomic E-state index is 12.6. The van der Waals surface area contributed by atoms with Crippen molar-refractivity contribution in [2.45, 2.75) is 39.7 Å². The quantitative estimate of drug-likeness (QED) is 0.579. The average Bonchev–Trinajstić information content (AvgIpc) is 2.99. The summed E-state index contributed by atoms with van der Waals surface area (Å²) in [6.07, 6.45) is 1.75. The van der Waals surface area contributed by atoms with E-state index in [1.54, 1.807) is 0 Å². The SMILES string of the molecule is CCNC(=NCCS(=O)(=O)N1CCc2ccccc21)NC(C)CC. The molecule has 7 heteroatoms. The number of guanidine groups is 1. The van der Waals surface area contributed by atoms with Gasteiger partial charge in [-0.15, -0.1) is 0 Å². The standard InChI is InChI=1S/C17H28N4O2S/c1-4-14(3)20-17(18-5-2)19-11-13-24(22,23)21-12-10-15-8-6-7-9-16(15)21/h6-9,14H,4-5,10-13H2,1-3H3,(H2,18,19,20). The first-order valence-electron chi connectivity index (χ1n) is 8.61. The Balaban J connectivity index is 2.01. The highest BCUT2D eigenvalue weighted by molar-refractivity contribution is 7.92. The fourth-order valence-corrected chi connectivity index (χ4v) is 4.03. The van der Waals surface area contributed by atoms with Gasteiger partial charge < -0.3 is 10.6 Å². The van der Waals surface area contributed by atoms with Gasteiger partial charge in [-0.25, -0.2) is 8.42 Å². The molecule has 1 aromatic carbocycles. The molecule has 1 heterocycles. The summed E-state index contributed by atoms with van der Waals surface area (Å²) in [5.41, 5.74) is 1.91. The predicted molar refractivity (Wildman–Crippen MR) is 100 cm³/mol. The molecule has 2 N–H and O–H groups in total. The van der Waals surface area contributed by atoms with E-state index in [0.29, 0.717) is 18.5 Å². The van der Waals surface area contributed by atoms with Gasteiger partial charge in [0, 0.05) is 19.1 Å². The first-order valence-corrected chi connectivity index (χ1v) is 10.2. The second-order valence-electron chi connectivity index (χ2n) is 5.98. The van der Waals surface area contributed by atoms with Crippen molar-refractivity contribution in [3.05, 3.63) is 29.8 Å². The highest BCUT2D eigenvalue weighted by atomic mass is 32.2. The zero-order valence-electron chi connectivity index (χ0n) is 14.7. The second-order valence-corrected chi connectivity index (χ2v) is 7.99. The van der Waals surface area contributed by atoms with E-state index in [9.17, 15) is 8.42 Å². The Morgan fingerprint density at radius 1 is 1.33 bits per heavy atom. The van der Waals surface area contributed by atoms with Crippen molar-refractivity contribution in [1.82, 2.24) is 10.6 Å². The number of anilines is 1. The van der Waals surface area contributed by atoms with Crippen LogP contribution < -0.4 is 14.9 Å². The predicted octanol–water partition coefficient (Wildman–Crippen LogP) is 1.73. The maximum absolute atomic E-state index is 12.6. The van der Waals surface area contributed by atoms with Gasteiger partial charge in [0.25, 0.3) is 0 Å². The van der Waals surface area contributed by atoms with Crippen LogP contribution in [0.5, 0.6) is 0 Å². The number of nitrogens with one attached hydrogen (secondary N) is 2. The van der Waals surface area contributed by atoms with E-state index in [2.05, 4.69) is 29.5 Å². The molecular formula is C17H28N4O2S. The molecule has 6 nitrogen and oxygen atoms in total. The summed E-state index contributed by atoms with van der Waals surface area (Å²) < 4.78 is 26.8. The van der Waals surface area contributed by atoms with Crippen LogP contribution in [0.15, 0.2) is 29.3 Å². The molecule has 134 valence electrons. The smallest absolute Gasteiger partial charge is 0.237 e. The molecule has 0 aromatic heterocycles. The van der Waals surface area contributed by atoms with E-state index in [1.807, 2.05) is 31.2 Å². The second kappa shape index (κ2) is 8.37. The molecule has 0 fully saturated rings. The number of aliphatic imine (C=N–C) groups is 1. The third kappa shape index (κ3) is 4.63. The number of rotatable bonds is 7. The van der Waals surface area contributed by atoms with Crippen LogP contribution in [0.1, 0.15) is 32.8 Å². The zero-order chi connectivity index (χ0) is 17.6. The molecule has 0 saturated heterocycles. The van der Waals surface area contributed by atoms with Crippen LogP contribution in [-0.2, 0) is 16.4 Å². The minimum Gasteiger partial charge on any atom is -0.357 e. The maximum Gasteiger partial charge on any atom is 0.237 e. The minimum atomic E-state index is -3.35. The van der Waals surface area contributed by atoms with Gasteiger partial charge >= 0.3 is 0 Å². The lowest BCUT2D eigenvalue weighted by Gasteiger charge is -2.19. The number of benzene rings is 1. The molecular weight excluding hydrogens is 324 g/mol. The highest BCUT2D eigenvalue weighted by Crippen LogP contribution is 2.29. The molecule has 2 rings (SSSR count).